The molecule has 0 spiro atoms. The minimum atomic E-state index is -0.612. The quantitative estimate of drug-likeness (QED) is 0.754. The molecular weight excluding hydrogens is 282 g/mol. The summed E-state index contributed by atoms with van der Waals surface area (Å²) in [5.41, 5.74) is 4.91. The lowest BCUT2D eigenvalue weighted by atomic mass is 10.0. The molecule has 0 fully saturated rings. The molecule has 0 aliphatic rings. The van der Waals surface area contributed by atoms with Crippen LogP contribution in [0.1, 0.15) is 15.9 Å². The first-order chi connectivity index (χ1) is 10.7. The summed E-state index contributed by atoms with van der Waals surface area (Å²) in [5, 5.41) is 0. The van der Waals surface area contributed by atoms with Crippen molar-refractivity contribution < 1.29 is 14.3 Å². The Morgan fingerprint density at radius 2 is 1.86 bits per heavy atom. The van der Waals surface area contributed by atoms with Gasteiger partial charge in [-0.25, -0.2) is 19.9 Å². The Kier molecular flexibility index (Phi) is 3.57. The molecule has 3 rings (SSSR count). The van der Waals surface area contributed by atoms with Gasteiger partial charge in [-0.05, 0) is 18.2 Å². The number of carbonyl (C=O) groups excluding carboxylic acids is 2. The molecule has 6 heteroatoms. The Labute approximate surface area is 126 Å². The van der Waals surface area contributed by atoms with Gasteiger partial charge in [-0.3, -0.25) is 4.79 Å². The van der Waals surface area contributed by atoms with Gasteiger partial charge in [-0.2, -0.15) is 0 Å². The van der Waals surface area contributed by atoms with Crippen molar-refractivity contribution >= 4 is 22.9 Å². The molecule has 110 valence electrons. The number of hydrogen-bond acceptors (Lipinski definition) is 4. The van der Waals surface area contributed by atoms with Gasteiger partial charge in [0, 0.05) is 11.1 Å². The van der Waals surface area contributed by atoms with Crippen LogP contribution in [0.3, 0.4) is 0 Å². The second kappa shape index (κ2) is 5.69. The fourth-order valence-corrected chi connectivity index (χ4v) is 2.14. The van der Waals surface area contributed by atoms with Crippen LogP contribution in [0.25, 0.3) is 11.0 Å². The van der Waals surface area contributed by atoms with Gasteiger partial charge >= 0.3 is 6.09 Å². The average Bonchev–Trinajstić information content (AvgIpc) is 2.97. The molecule has 0 atom stereocenters. The fraction of sp³-hybridized carbons (Fsp3) is 0.0625. The number of rotatable bonds is 3. The predicted octanol–water partition coefficient (Wildman–Crippen LogP) is 2.58. The van der Waals surface area contributed by atoms with Crippen LogP contribution >= 0.6 is 0 Å². The maximum atomic E-state index is 12.5. The van der Waals surface area contributed by atoms with Crippen molar-refractivity contribution in [3.63, 3.8) is 0 Å². The van der Waals surface area contributed by atoms with Crippen LogP contribution in [0.4, 0.5) is 4.79 Å². The number of amides is 1. The molecule has 3 aromatic rings. The van der Waals surface area contributed by atoms with Gasteiger partial charge in [0.2, 0.25) is 0 Å². The van der Waals surface area contributed by atoms with Crippen molar-refractivity contribution in [1.29, 1.82) is 0 Å². The van der Waals surface area contributed by atoms with E-state index in [2.05, 4.69) is 15.1 Å². The minimum Gasteiger partial charge on any atom is -0.452 e. The highest BCUT2D eigenvalue weighted by Gasteiger charge is 2.12. The van der Waals surface area contributed by atoms with Gasteiger partial charge in [0.25, 0.3) is 0 Å². The molecule has 0 aliphatic carbocycles. The monoisotopic (exact) mass is 295 g/mol. The molecule has 0 bridgehead atoms. The molecule has 0 unspecified atom stereocenters. The summed E-state index contributed by atoms with van der Waals surface area (Å²) in [7, 11) is 1.28. The lowest BCUT2D eigenvalue weighted by Gasteiger charge is -2.06. The zero-order chi connectivity index (χ0) is 15.5. The van der Waals surface area contributed by atoms with Gasteiger partial charge in [0.15, 0.2) is 5.78 Å². The molecule has 0 aliphatic heterocycles. The van der Waals surface area contributed by atoms with Gasteiger partial charge in [0.1, 0.15) is 6.33 Å². The molecule has 1 heterocycles. The summed E-state index contributed by atoms with van der Waals surface area (Å²) < 4.78 is 5.97. The van der Waals surface area contributed by atoms with Crippen molar-refractivity contribution in [2.45, 2.75) is 0 Å². The number of imidazole rings is 1. The topological polar surface area (TPSA) is 73.2 Å². The molecule has 0 radical (unpaired) electrons. The minimum absolute atomic E-state index is 0.0895. The van der Waals surface area contributed by atoms with Crippen LogP contribution in [-0.2, 0) is 4.74 Å². The van der Waals surface area contributed by atoms with Gasteiger partial charge in [-0.15, -0.1) is 0 Å². The lowest BCUT2D eigenvalue weighted by Crippen LogP contribution is -2.21. The van der Waals surface area contributed by atoms with Crippen molar-refractivity contribution in [3.8, 4) is 0 Å². The maximum absolute atomic E-state index is 12.5. The third-order valence-electron chi connectivity index (χ3n) is 3.24. The molecule has 0 saturated heterocycles. The van der Waals surface area contributed by atoms with E-state index in [0.29, 0.717) is 22.2 Å². The van der Waals surface area contributed by atoms with E-state index in [0.717, 1.165) is 0 Å². The highest BCUT2D eigenvalue weighted by molar-refractivity contribution is 6.10. The van der Waals surface area contributed by atoms with Gasteiger partial charge < -0.3 is 4.74 Å². The predicted molar refractivity (Wildman–Crippen MR) is 81.4 cm³/mol. The lowest BCUT2D eigenvalue weighted by molar-refractivity contribution is 0.103. The van der Waals surface area contributed by atoms with Gasteiger partial charge in [0.05, 0.1) is 18.1 Å². The fourth-order valence-electron chi connectivity index (χ4n) is 2.14. The van der Waals surface area contributed by atoms with E-state index in [4.69, 9.17) is 0 Å². The molecule has 6 nitrogen and oxygen atoms in total. The van der Waals surface area contributed by atoms with Crippen LogP contribution in [0.15, 0.2) is 54.9 Å². The van der Waals surface area contributed by atoms with E-state index in [-0.39, 0.29) is 5.78 Å². The number of hydrogen-bond donors (Lipinski definition) is 1. The number of aromatic nitrogens is 2. The first kappa shape index (κ1) is 13.8. The third kappa shape index (κ3) is 2.54. The average molecular weight is 295 g/mol. The Morgan fingerprint density at radius 3 is 2.59 bits per heavy atom. The van der Waals surface area contributed by atoms with Crippen molar-refractivity contribution in [2.24, 2.45) is 0 Å². The number of nitrogens with zero attached hydrogens (tertiary/aromatic N) is 2. The molecule has 22 heavy (non-hydrogen) atoms. The van der Waals surface area contributed by atoms with E-state index in [1.54, 1.807) is 30.3 Å². The first-order valence-corrected chi connectivity index (χ1v) is 6.61. The number of fused-ring (bicyclic) bond motifs is 1. The SMILES string of the molecule is COC(=O)Nn1cnc2ccc(C(=O)c3ccccc3)cc21. The third-order valence-corrected chi connectivity index (χ3v) is 3.24. The van der Waals surface area contributed by atoms with Crippen LogP contribution in [-0.4, -0.2) is 28.6 Å². The maximum Gasteiger partial charge on any atom is 0.426 e. The number of carbonyl (C=O) groups is 2. The normalized spacial score (nSPS) is 10.4. The standard InChI is InChI=1S/C16H13N3O3/c1-22-16(21)18-19-10-17-13-8-7-12(9-14(13)19)15(20)11-5-3-2-4-6-11/h2-10H,1H3,(H,18,21). The molecule has 1 aromatic heterocycles. The summed E-state index contributed by atoms with van der Waals surface area (Å²) in [6.07, 6.45) is 0.845. The van der Waals surface area contributed by atoms with E-state index >= 15 is 0 Å². The Hall–Kier alpha value is -3.15. The zero-order valence-electron chi connectivity index (χ0n) is 11.8. The van der Waals surface area contributed by atoms with Crippen molar-refractivity contribution in [3.05, 3.63) is 66.0 Å². The Bertz CT molecular complexity index is 840. The summed E-state index contributed by atoms with van der Waals surface area (Å²) in [5.74, 6) is -0.0895. The van der Waals surface area contributed by atoms with E-state index in [1.165, 1.54) is 18.1 Å². The van der Waals surface area contributed by atoms with Crippen LogP contribution in [0, 0.1) is 0 Å². The second-order valence-electron chi connectivity index (χ2n) is 4.62. The number of ether oxygens (including phenoxy) is 1. The van der Waals surface area contributed by atoms with Crippen molar-refractivity contribution in [1.82, 2.24) is 9.66 Å². The van der Waals surface area contributed by atoms with Crippen LogP contribution in [0.2, 0.25) is 0 Å². The molecule has 1 N–H and O–H groups in total. The van der Waals surface area contributed by atoms with Crippen LogP contribution < -0.4 is 5.43 Å². The molecule has 0 saturated carbocycles. The molecule has 1 amide bonds. The second-order valence-corrected chi connectivity index (χ2v) is 4.62. The van der Waals surface area contributed by atoms with Gasteiger partial charge in [-0.1, -0.05) is 30.3 Å². The number of benzene rings is 2. The van der Waals surface area contributed by atoms with E-state index in [1.807, 2.05) is 18.2 Å². The van der Waals surface area contributed by atoms with E-state index < -0.39 is 6.09 Å². The number of ketones is 1. The van der Waals surface area contributed by atoms with E-state index in [9.17, 15) is 9.59 Å². The molecule has 2 aromatic carbocycles. The zero-order valence-corrected chi connectivity index (χ0v) is 11.8. The number of nitrogens with one attached hydrogen (secondary N) is 1. The summed E-state index contributed by atoms with van der Waals surface area (Å²) in [4.78, 5) is 27.9. The highest BCUT2D eigenvalue weighted by atomic mass is 16.5. The number of methoxy groups -OCH3 is 1. The highest BCUT2D eigenvalue weighted by Crippen LogP contribution is 2.17. The summed E-state index contributed by atoms with van der Waals surface area (Å²) in [6.45, 7) is 0. The molecular formula is C16H13N3O3. The Balaban J connectivity index is 2.00. The van der Waals surface area contributed by atoms with Crippen LogP contribution in [0.5, 0.6) is 0 Å². The largest absolute Gasteiger partial charge is 0.452 e. The Morgan fingerprint density at radius 1 is 1.09 bits per heavy atom. The smallest absolute Gasteiger partial charge is 0.426 e. The summed E-state index contributed by atoms with van der Waals surface area (Å²) in [6, 6.07) is 14.1. The first-order valence-electron chi connectivity index (χ1n) is 6.61. The summed E-state index contributed by atoms with van der Waals surface area (Å²) >= 11 is 0. The van der Waals surface area contributed by atoms with Crippen molar-refractivity contribution in [2.75, 3.05) is 12.5 Å².